The number of hydrogen-bond acceptors (Lipinski definition) is 4. The Labute approximate surface area is 160 Å². The van der Waals surface area contributed by atoms with Gasteiger partial charge in [-0.2, -0.15) is 0 Å². The van der Waals surface area contributed by atoms with E-state index in [1.165, 1.54) is 11.8 Å². The van der Waals surface area contributed by atoms with E-state index in [4.69, 9.17) is 4.74 Å². The van der Waals surface area contributed by atoms with Crippen molar-refractivity contribution in [3.8, 4) is 0 Å². The van der Waals surface area contributed by atoms with E-state index in [0.717, 1.165) is 21.0 Å². The molecule has 0 heterocycles. The number of benzene rings is 2. The van der Waals surface area contributed by atoms with E-state index in [1.807, 2.05) is 30.4 Å². The number of esters is 1. The zero-order chi connectivity index (χ0) is 19.3. The molecule has 0 saturated carbocycles. The average Bonchev–Trinajstić information content (AvgIpc) is 2.59. The summed E-state index contributed by atoms with van der Waals surface area (Å²) in [6.07, 6.45) is 0. The smallest absolute Gasteiger partial charge is 0.316 e. The van der Waals surface area contributed by atoms with E-state index in [2.05, 4.69) is 15.9 Å². The van der Waals surface area contributed by atoms with Gasteiger partial charge < -0.3 is 10.1 Å². The maximum absolute atomic E-state index is 13.5. The Morgan fingerprint density at radius 2 is 1.88 bits per heavy atom. The summed E-state index contributed by atoms with van der Waals surface area (Å²) in [5.74, 6) is -6.11. The molecule has 9 heteroatoms. The molecule has 2 rings (SSSR count). The molecule has 0 atom stereocenters. The maximum atomic E-state index is 13.5. The first-order valence-corrected chi connectivity index (χ1v) is 9.03. The molecule has 2 aromatic rings. The molecule has 138 valence electrons. The highest BCUT2D eigenvalue weighted by Gasteiger charge is 2.16. The largest absolute Gasteiger partial charge is 0.455 e. The number of halogens is 4. The molecule has 0 aliphatic carbocycles. The second-order valence-corrected chi connectivity index (χ2v) is 7.06. The monoisotopic (exact) mass is 447 g/mol. The van der Waals surface area contributed by atoms with E-state index in [9.17, 15) is 22.8 Å². The van der Waals surface area contributed by atoms with Crippen LogP contribution in [0.25, 0.3) is 0 Å². The predicted octanol–water partition coefficient (Wildman–Crippen LogP) is 4.45. The number of thioether (sulfide) groups is 1. The lowest BCUT2D eigenvalue weighted by atomic mass is 10.2. The fourth-order valence-electron chi connectivity index (χ4n) is 1.91. The van der Waals surface area contributed by atoms with Crippen LogP contribution >= 0.6 is 27.7 Å². The van der Waals surface area contributed by atoms with Gasteiger partial charge in [0.25, 0.3) is 5.91 Å². The Bertz CT molecular complexity index is 848. The predicted molar refractivity (Wildman–Crippen MR) is 95.5 cm³/mol. The van der Waals surface area contributed by atoms with Crippen LogP contribution in [0.4, 0.5) is 18.9 Å². The van der Waals surface area contributed by atoms with Crippen LogP contribution in [0.3, 0.4) is 0 Å². The number of rotatable bonds is 6. The fourth-order valence-corrected chi connectivity index (χ4v) is 3.19. The van der Waals surface area contributed by atoms with Gasteiger partial charge in [-0.15, -0.1) is 11.8 Å². The molecule has 0 fully saturated rings. The third kappa shape index (κ3) is 5.50. The number of aryl methyl sites for hydroxylation is 1. The fraction of sp³-hybridized carbons (Fsp3) is 0.176. The van der Waals surface area contributed by atoms with E-state index in [0.29, 0.717) is 6.07 Å². The molecule has 0 bridgehead atoms. The molecule has 1 N–H and O–H groups in total. The van der Waals surface area contributed by atoms with Gasteiger partial charge in [0.2, 0.25) is 0 Å². The molecule has 0 saturated heterocycles. The van der Waals surface area contributed by atoms with Gasteiger partial charge in [0.15, 0.2) is 24.1 Å². The number of nitrogens with one attached hydrogen (secondary N) is 1. The lowest BCUT2D eigenvalue weighted by Gasteiger charge is -2.09. The Hall–Kier alpha value is -2.00. The molecule has 26 heavy (non-hydrogen) atoms. The molecule has 4 nitrogen and oxygen atoms in total. The van der Waals surface area contributed by atoms with Crippen molar-refractivity contribution >= 4 is 45.3 Å². The molecular weight excluding hydrogens is 435 g/mol. The number of hydrogen-bond donors (Lipinski definition) is 1. The minimum Gasteiger partial charge on any atom is -0.455 e. The van der Waals surface area contributed by atoms with E-state index < -0.39 is 41.6 Å². The van der Waals surface area contributed by atoms with Gasteiger partial charge in [-0.25, -0.2) is 13.2 Å². The van der Waals surface area contributed by atoms with Crippen molar-refractivity contribution in [1.82, 2.24) is 0 Å². The minimum atomic E-state index is -1.69. The lowest BCUT2D eigenvalue weighted by Crippen LogP contribution is -2.22. The van der Waals surface area contributed by atoms with Crippen molar-refractivity contribution in [1.29, 1.82) is 0 Å². The van der Waals surface area contributed by atoms with Crippen molar-refractivity contribution < 1.29 is 27.5 Å². The Kier molecular flexibility index (Phi) is 7.10. The Morgan fingerprint density at radius 1 is 1.15 bits per heavy atom. The first-order chi connectivity index (χ1) is 12.3. The number of amides is 1. The Balaban J connectivity index is 1.82. The number of carbonyl (C=O) groups is 2. The average molecular weight is 448 g/mol. The normalized spacial score (nSPS) is 10.5. The molecule has 0 unspecified atom stereocenters. The first kappa shape index (κ1) is 20.3. The summed E-state index contributed by atoms with van der Waals surface area (Å²) >= 11 is 4.59. The van der Waals surface area contributed by atoms with Crippen molar-refractivity contribution in [2.75, 3.05) is 17.7 Å². The second kappa shape index (κ2) is 9.09. The molecule has 0 aromatic heterocycles. The highest BCUT2D eigenvalue weighted by Crippen LogP contribution is 2.25. The Morgan fingerprint density at radius 3 is 2.58 bits per heavy atom. The van der Waals surface area contributed by atoms with Crippen LogP contribution in [0.5, 0.6) is 0 Å². The van der Waals surface area contributed by atoms with Crippen LogP contribution in [0.1, 0.15) is 5.56 Å². The van der Waals surface area contributed by atoms with Gasteiger partial charge in [0.1, 0.15) is 0 Å². The SMILES string of the molecule is Cc1cc(Br)ccc1SCC(=O)OCC(=O)Nc1ccc(F)c(F)c1F. The zero-order valence-corrected chi connectivity index (χ0v) is 15.8. The van der Waals surface area contributed by atoms with Gasteiger partial charge in [0, 0.05) is 9.37 Å². The highest BCUT2D eigenvalue weighted by atomic mass is 79.9. The molecular formula is C17H13BrF3NO3S. The van der Waals surface area contributed by atoms with Crippen molar-refractivity contribution in [2.24, 2.45) is 0 Å². The molecule has 0 radical (unpaired) electrons. The summed E-state index contributed by atoms with van der Waals surface area (Å²) < 4.78 is 45.1. The molecule has 0 spiro atoms. The summed E-state index contributed by atoms with van der Waals surface area (Å²) in [5, 5.41) is 2.01. The maximum Gasteiger partial charge on any atom is 0.316 e. The number of carbonyl (C=O) groups excluding carboxylic acids is 2. The third-order valence-corrected chi connectivity index (χ3v) is 4.80. The summed E-state index contributed by atoms with van der Waals surface area (Å²) in [5.41, 5.74) is 0.438. The standard InChI is InChI=1S/C17H13BrF3NO3S/c1-9-6-10(18)2-5-13(9)26-8-15(24)25-7-14(23)22-12-4-3-11(19)16(20)17(12)21/h2-6H,7-8H2,1H3,(H,22,23). The van der Waals surface area contributed by atoms with Gasteiger partial charge in [-0.05, 0) is 42.8 Å². The highest BCUT2D eigenvalue weighted by molar-refractivity contribution is 9.10. The third-order valence-electron chi connectivity index (χ3n) is 3.16. The summed E-state index contributed by atoms with van der Waals surface area (Å²) in [4.78, 5) is 24.2. The number of ether oxygens (including phenoxy) is 1. The first-order valence-electron chi connectivity index (χ1n) is 7.26. The van der Waals surface area contributed by atoms with Crippen molar-refractivity contribution in [3.05, 3.63) is 57.8 Å². The van der Waals surface area contributed by atoms with Crippen LogP contribution in [0, 0.1) is 24.4 Å². The van der Waals surface area contributed by atoms with Crippen LogP contribution in [0.15, 0.2) is 39.7 Å². The lowest BCUT2D eigenvalue weighted by molar-refractivity contribution is -0.144. The summed E-state index contributed by atoms with van der Waals surface area (Å²) in [6, 6.07) is 7.13. The zero-order valence-electron chi connectivity index (χ0n) is 13.4. The van der Waals surface area contributed by atoms with Gasteiger partial charge in [-0.1, -0.05) is 15.9 Å². The van der Waals surface area contributed by atoms with E-state index >= 15 is 0 Å². The van der Waals surface area contributed by atoms with Gasteiger partial charge in [-0.3, -0.25) is 9.59 Å². The quantitative estimate of drug-likeness (QED) is 0.403. The van der Waals surface area contributed by atoms with Crippen LogP contribution < -0.4 is 5.32 Å². The summed E-state index contributed by atoms with van der Waals surface area (Å²) in [6.45, 7) is 1.22. The topological polar surface area (TPSA) is 55.4 Å². The van der Waals surface area contributed by atoms with Crippen LogP contribution in [-0.4, -0.2) is 24.2 Å². The van der Waals surface area contributed by atoms with Gasteiger partial charge in [0.05, 0.1) is 11.4 Å². The van der Waals surface area contributed by atoms with Gasteiger partial charge >= 0.3 is 5.97 Å². The molecule has 2 aromatic carbocycles. The number of anilines is 1. The van der Waals surface area contributed by atoms with Crippen LogP contribution in [-0.2, 0) is 14.3 Å². The molecule has 0 aliphatic rings. The minimum absolute atomic E-state index is 0.0186. The molecule has 1 amide bonds. The van der Waals surface area contributed by atoms with Crippen molar-refractivity contribution in [3.63, 3.8) is 0 Å². The van der Waals surface area contributed by atoms with E-state index in [-0.39, 0.29) is 5.75 Å². The van der Waals surface area contributed by atoms with Crippen molar-refractivity contribution in [2.45, 2.75) is 11.8 Å². The molecule has 0 aliphatic heterocycles. The van der Waals surface area contributed by atoms with E-state index in [1.54, 1.807) is 0 Å². The van der Waals surface area contributed by atoms with Crippen LogP contribution in [0.2, 0.25) is 0 Å². The second-order valence-electron chi connectivity index (χ2n) is 5.13. The summed E-state index contributed by atoms with van der Waals surface area (Å²) in [7, 11) is 0.